The van der Waals surface area contributed by atoms with Crippen molar-refractivity contribution in [3.05, 3.63) is 0 Å². The van der Waals surface area contributed by atoms with Gasteiger partial charge in [-0.1, -0.05) is 13.8 Å². The standard InChI is InChI=1S/C11H22O2S/c1-4-11(12,5-2)8-14-10-6-7-13-9(10)3/h9-10,12H,4-8H2,1-3H3. The van der Waals surface area contributed by atoms with Crippen molar-refractivity contribution < 1.29 is 9.84 Å². The van der Waals surface area contributed by atoms with Crippen LogP contribution in [0, 0.1) is 0 Å². The van der Waals surface area contributed by atoms with Gasteiger partial charge in [0.15, 0.2) is 0 Å². The molecule has 2 nitrogen and oxygen atoms in total. The van der Waals surface area contributed by atoms with Crippen LogP contribution in [0.5, 0.6) is 0 Å². The topological polar surface area (TPSA) is 29.5 Å². The Bertz CT molecular complexity index is 169. The van der Waals surface area contributed by atoms with E-state index in [2.05, 4.69) is 20.8 Å². The lowest BCUT2D eigenvalue weighted by Crippen LogP contribution is -2.31. The lowest BCUT2D eigenvalue weighted by molar-refractivity contribution is 0.0569. The number of ether oxygens (including phenoxy) is 1. The fourth-order valence-corrected chi connectivity index (χ4v) is 3.19. The molecule has 14 heavy (non-hydrogen) atoms. The summed E-state index contributed by atoms with van der Waals surface area (Å²) in [4.78, 5) is 0. The van der Waals surface area contributed by atoms with E-state index in [1.54, 1.807) is 0 Å². The van der Waals surface area contributed by atoms with E-state index in [0.717, 1.165) is 31.6 Å². The molecule has 1 rings (SSSR count). The van der Waals surface area contributed by atoms with Gasteiger partial charge in [0.25, 0.3) is 0 Å². The Morgan fingerprint density at radius 1 is 1.43 bits per heavy atom. The summed E-state index contributed by atoms with van der Waals surface area (Å²) >= 11 is 1.87. The largest absolute Gasteiger partial charge is 0.389 e. The van der Waals surface area contributed by atoms with E-state index in [9.17, 15) is 5.11 Å². The fourth-order valence-electron chi connectivity index (χ4n) is 1.65. The molecule has 2 unspecified atom stereocenters. The van der Waals surface area contributed by atoms with E-state index in [1.165, 1.54) is 0 Å². The van der Waals surface area contributed by atoms with Crippen molar-refractivity contribution in [2.75, 3.05) is 12.4 Å². The van der Waals surface area contributed by atoms with Gasteiger partial charge < -0.3 is 9.84 Å². The number of hydrogen-bond acceptors (Lipinski definition) is 3. The average Bonchev–Trinajstić information content (AvgIpc) is 2.61. The molecule has 0 spiro atoms. The summed E-state index contributed by atoms with van der Waals surface area (Å²) in [5.41, 5.74) is -0.465. The summed E-state index contributed by atoms with van der Waals surface area (Å²) in [6.45, 7) is 7.12. The summed E-state index contributed by atoms with van der Waals surface area (Å²) in [5, 5.41) is 10.7. The molecule has 0 aromatic carbocycles. The second-order valence-corrected chi connectivity index (χ2v) is 5.37. The minimum atomic E-state index is -0.465. The number of hydrogen-bond donors (Lipinski definition) is 1. The zero-order chi connectivity index (χ0) is 10.6. The molecule has 1 fully saturated rings. The number of thioether (sulfide) groups is 1. The summed E-state index contributed by atoms with van der Waals surface area (Å²) in [6.07, 6.45) is 3.18. The minimum Gasteiger partial charge on any atom is -0.389 e. The molecule has 1 aliphatic rings. The van der Waals surface area contributed by atoms with Crippen LogP contribution in [-0.4, -0.2) is 34.4 Å². The Morgan fingerprint density at radius 3 is 2.50 bits per heavy atom. The van der Waals surface area contributed by atoms with Gasteiger partial charge in [-0.2, -0.15) is 11.8 Å². The van der Waals surface area contributed by atoms with Crippen molar-refractivity contribution in [1.82, 2.24) is 0 Å². The van der Waals surface area contributed by atoms with Crippen LogP contribution in [-0.2, 0) is 4.74 Å². The molecule has 0 aromatic rings. The van der Waals surface area contributed by atoms with Crippen molar-refractivity contribution in [1.29, 1.82) is 0 Å². The molecule has 84 valence electrons. The summed E-state index contributed by atoms with van der Waals surface area (Å²) < 4.78 is 5.50. The number of rotatable bonds is 5. The first-order valence-electron chi connectivity index (χ1n) is 5.57. The molecule has 2 atom stereocenters. The van der Waals surface area contributed by atoms with Gasteiger partial charge in [-0.05, 0) is 26.2 Å². The van der Waals surface area contributed by atoms with Crippen LogP contribution in [0.4, 0.5) is 0 Å². The SMILES string of the molecule is CCC(O)(CC)CSC1CCOC1C. The van der Waals surface area contributed by atoms with E-state index in [0.29, 0.717) is 11.4 Å². The molecule has 1 aliphatic heterocycles. The van der Waals surface area contributed by atoms with Crippen LogP contribution in [0.2, 0.25) is 0 Å². The zero-order valence-electron chi connectivity index (χ0n) is 9.45. The highest BCUT2D eigenvalue weighted by atomic mass is 32.2. The van der Waals surface area contributed by atoms with Gasteiger partial charge in [0.2, 0.25) is 0 Å². The smallest absolute Gasteiger partial charge is 0.0732 e. The molecular formula is C11H22O2S. The first-order chi connectivity index (χ1) is 6.61. The molecular weight excluding hydrogens is 196 g/mol. The fraction of sp³-hybridized carbons (Fsp3) is 1.00. The van der Waals surface area contributed by atoms with Crippen LogP contribution in [0.15, 0.2) is 0 Å². The Hall–Kier alpha value is 0.270. The van der Waals surface area contributed by atoms with Crippen molar-refractivity contribution in [3.8, 4) is 0 Å². The van der Waals surface area contributed by atoms with E-state index in [4.69, 9.17) is 4.74 Å². The van der Waals surface area contributed by atoms with Crippen LogP contribution in [0.25, 0.3) is 0 Å². The normalized spacial score (nSPS) is 28.3. The maximum absolute atomic E-state index is 10.1. The van der Waals surface area contributed by atoms with Crippen molar-refractivity contribution >= 4 is 11.8 Å². The van der Waals surface area contributed by atoms with E-state index in [-0.39, 0.29) is 0 Å². The Balaban J connectivity index is 2.31. The molecule has 3 heteroatoms. The van der Waals surface area contributed by atoms with Gasteiger partial charge >= 0.3 is 0 Å². The lowest BCUT2D eigenvalue weighted by atomic mass is 10.0. The molecule has 1 N–H and O–H groups in total. The Morgan fingerprint density at radius 2 is 2.07 bits per heavy atom. The third kappa shape index (κ3) is 3.14. The molecule has 0 radical (unpaired) electrons. The van der Waals surface area contributed by atoms with Gasteiger partial charge in [0, 0.05) is 17.6 Å². The highest BCUT2D eigenvalue weighted by Crippen LogP contribution is 2.30. The lowest BCUT2D eigenvalue weighted by Gasteiger charge is -2.26. The molecule has 1 heterocycles. The van der Waals surface area contributed by atoms with Crippen LogP contribution in [0.3, 0.4) is 0 Å². The highest BCUT2D eigenvalue weighted by Gasteiger charge is 2.29. The monoisotopic (exact) mass is 218 g/mol. The van der Waals surface area contributed by atoms with Gasteiger partial charge in [-0.15, -0.1) is 0 Å². The van der Waals surface area contributed by atoms with Crippen molar-refractivity contribution in [2.45, 2.75) is 57.0 Å². The predicted octanol–water partition coefficient (Wildman–Crippen LogP) is 2.45. The summed E-state index contributed by atoms with van der Waals surface area (Å²) in [5.74, 6) is 0.846. The predicted molar refractivity (Wildman–Crippen MR) is 61.8 cm³/mol. The molecule has 0 saturated carbocycles. The third-order valence-corrected chi connectivity index (χ3v) is 4.94. The van der Waals surface area contributed by atoms with Gasteiger partial charge in [-0.3, -0.25) is 0 Å². The van der Waals surface area contributed by atoms with Gasteiger partial charge in [0.05, 0.1) is 11.7 Å². The van der Waals surface area contributed by atoms with Crippen LogP contribution in [0.1, 0.15) is 40.0 Å². The van der Waals surface area contributed by atoms with E-state index in [1.807, 2.05) is 11.8 Å². The van der Waals surface area contributed by atoms with Crippen LogP contribution < -0.4 is 0 Å². The molecule has 0 amide bonds. The van der Waals surface area contributed by atoms with Crippen LogP contribution >= 0.6 is 11.8 Å². The Kier molecular flexibility index (Phi) is 4.74. The first-order valence-corrected chi connectivity index (χ1v) is 6.61. The quantitative estimate of drug-likeness (QED) is 0.768. The first kappa shape index (κ1) is 12.3. The Labute approximate surface area is 91.4 Å². The second kappa shape index (κ2) is 5.38. The van der Waals surface area contributed by atoms with Gasteiger partial charge in [-0.25, -0.2) is 0 Å². The summed E-state index contributed by atoms with van der Waals surface area (Å²) in [7, 11) is 0. The second-order valence-electron chi connectivity index (χ2n) is 4.15. The average molecular weight is 218 g/mol. The van der Waals surface area contributed by atoms with Crippen molar-refractivity contribution in [2.24, 2.45) is 0 Å². The van der Waals surface area contributed by atoms with Crippen molar-refractivity contribution in [3.63, 3.8) is 0 Å². The zero-order valence-corrected chi connectivity index (χ0v) is 10.3. The minimum absolute atomic E-state index is 0.359. The molecule has 0 aromatic heterocycles. The van der Waals surface area contributed by atoms with E-state index >= 15 is 0 Å². The maximum Gasteiger partial charge on any atom is 0.0732 e. The molecule has 1 saturated heterocycles. The summed E-state index contributed by atoms with van der Waals surface area (Å²) in [6, 6.07) is 0. The third-order valence-electron chi connectivity index (χ3n) is 3.19. The highest BCUT2D eigenvalue weighted by molar-refractivity contribution is 8.00. The molecule has 0 aliphatic carbocycles. The number of aliphatic hydroxyl groups is 1. The maximum atomic E-state index is 10.1. The van der Waals surface area contributed by atoms with E-state index < -0.39 is 5.60 Å². The van der Waals surface area contributed by atoms with Gasteiger partial charge in [0.1, 0.15) is 0 Å². The molecule has 0 bridgehead atoms.